The Hall–Kier alpha value is -0.580. The number of hydrazine groups is 1. The van der Waals surface area contributed by atoms with Crippen molar-refractivity contribution < 1.29 is 0 Å². The van der Waals surface area contributed by atoms with E-state index in [0.29, 0.717) is 11.1 Å². The molecule has 0 aliphatic rings. The highest BCUT2D eigenvalue weighted by Crippen LogP contribution is 2.26. The first-order chi connectivity index (χ1) is 6.61. The molecule has 1 atom stereocenters. The second-order valence-corrected chi connectivity index (χ2v) is 3.95. The molecule has 4 nitrogen and oxygen atoms in total. The van der Waals surface area contributed by atoms with Crippen molar-refractivity contribution in [2.45, 2.75) is 39.3 Å². The highest BCUT2D eigenvalue weighted by molar-refractivity contribution is 6.31. The predicted octanol–water partition coefficient (Wildman–Crippen LogP) is 2.03. The second kappa shape index (κ2) is 4.77. The zero-order valence-corrected chi connectivity index (χ0v) is 9.54. The lowest BCUT2D eigenvalue weighted by atomic mass is 10.1. The van der Waals surface area contributed by atoms with Gasteiger partial charge in [0.05, 0.1) is 23.0 Å². The van der Waals surface area contributed by atoms with Gasteiger partial charge in [-0.1, -0.05) is 18.5 Å². The fourth-order valence-electron chi connectivity index (χ4n) is 1.48. The zero-order valence-electron chi connectivity index (χ0n) is 8.79. The molecule has 1 aromatic rings. The van der Waals surface area contributed by atoms with Crippen molar-refractivity contribution >= 4 is 11.6 Å². The van der Waals surface area contributed by atoms with E-state index >= 15 is 0 Å². The normalized spacial score (nSPS) is 13.6. The Morgan fingerprint density at radius 2 is 2.29 bits per heavy atom. The van der Waals surface area contributed by atoms with Crippen LogP contribution >= 0.6 is 11.6 Å². The first-order valence-corrected chi connectivity index (χ1v) is 5.18. The van der Waals surface area contributed by atoms with Crippen LogP contribution in [-0.4, -0.2) is 9.78 Å². The topological polar surface area (TPSA) is 55.9 Å². The molecule has 5 heteroatoms. The summed E-state index contributed by atoms with van der Waals surface area (Å²) < 4.78 is 1.90. The van der Waals surface area contributed by atoms with Crippen molar-refractivity contribution in [3.63, 3.8) is 0 Å². The number of hydrogen-bond donors (Lipinski definition) is 2. The number of aromatic nitrogens is 2. The summed E-state index contributed by atoms with van der Waals surface area (Å²) in [4.78, 5) is 0. The van der Waals surface area contributed by atoms with Gasteiger partial charge in [-0.25, -0.2) is 0 Å². The predicted molar refractivity (Wildman–Crippen MR) is 58.0 cm³/mol. The summed E-state index contributed by atoms with van der Waals surface area (Å²) in [5.41, 5.74) is 3.71. The van der Waals surface area contributed by atoms with Crippen molar-refractivity contribution in [3.05, 3.63) is 16.9 Å². The van der Waals surface area contributed by atoms with Gasteiger partial charge >= 0.3 is 0 Å². The maximum atomic E-state index is 6.06. The highest BCUT2D eigenvalue weighted by Gasteiger charge is 2.18. The molecular formula is C9H17ClN4. The van der Waals surface area contributed by atoms with E-state index in [0.717, 1.165) is 12.1 Å². The molecule has 14 heavy (non-hydrogen) atoms. The molecule has 0 saturated heterocycles. The Bertz CT molecular complexity index is 291. The van der Waals surface area contributed by atoms with E-state index in [1.165, 1.54) is 0 Å². The maximum Gasteiger partial charge on any atom is 0.0834 e. The molecular weight excluding hydrogens is 200 g/mol. The maximum absolute atomic E-state index is 6.06. The monoisotopic (exact) mass is 216 g/mol. The molecule has 0 radical (unpaired) electrons. The number of hydrogen-bond acceptors (Lipinski definition) is 3. The fourth-order valence-corrected chi connectivity index (χ4v) is 1.74. The first-order valence-electron chi connectivity index (χ1n) is 4.80. The molecule has 1 rings (SSSR count). The van der Waals surface area contributed by atoms with Gasteiger partial charge in [-0.05, 0) is 20.3 Å². The standard InChI is InChI=1S/C9H17ClN4/c1-4-8(13-11)9-7(10)5-12-14(9)6(2)3/h5-6,8,13H,4,11H2,1-3H3. The van der Waals surface area contributed by atoms with Crippen LogP contribution in [0.2, 0.25) is 5.02 Å². The van der Waals surface area contributed by atoms with Gasteiger partial charge in [-0.3, -0.25) is 16.0 Å². The summed E-state index contributed by atoms with van der Waals surface area (Å²) in [6.45, 7) is 6.19. The van der Waals surface area contributed by atoms with Crippen LogP contribution in [0.4, 0.5) is 0 Å². The first kappa shape index (κ1) is 11.5. The van der Waals surface area contributed by atoms with E-state index in [1.54, 1.807) is 6.20 Å². The molecule has 0 aliphatic heterocycles. The van der Waals surface area contributed by atoms with Crippen LogP contribution in [-0.2, 0) is 0 Å². The van der Waals surface area contributed by atoms with Crippen molar-refractivity contribution in [2.75, 3.05) is 0 Å². The number of nitrogens with two attached hydrogens (primary N) is 1. The van der Waals surface area contributed by atoms with E-state index in [9.17, 15) is 0 Å². The number of nitrogens with zero attached hydrogens (tertiary/aromatic N) is 2. The van der Waals surface area contributed by atoms with Crippen LogP contribution in [0.15, 0.2) is 6.20 Å². The minimum atomic E-state index is 0.0624. The van der Waals surface area contributed by atoms with Gasteiger partial charge in [0, 0.05) is 6.04 Å². The summed E-state index contributed by atoms with van der Waals surface area (Å²) in [5.74, 6) is 5.46. The number of rotatable bonds is 4. The smallest absolute Gasteiger partial charge is 0.0834 e. The molecule has 0 bridgehead atoms. The van der Waals surface area contributed by atoms with Gasteiger partial charge < -0.3 is 0 Å². The molecule has 1 unspecified atom stereocenters. The Labute approximate surface area is 89.4 Å². The number of halogens is 1. The van der Waals surface area contributed by atoms with Gasteiger partial charge in [0.15, 0.2) is 0 Å². The third-order valence-electron chi connectivity index (χ3n) is 2.22. The Morgan fingerprint density at radius 3 is 2.71 bits per heavy atom. The fraction of sp³-hybridized carbons (Fsp3) is 0.667. The minimum Gasteiger partial charge on any atom is -0.271 e. The van der Waals surface area contributed by atoms with E-state index in [4.69, 9.17) is 17.4 Å². The molecule has 80 valence electrons. The van der Waals surface area contributed by atoms with Crippen LogP contribution in [0.25, 0.3) is 0 Å². The molecule has 1 heterocycles. The van der Waals surface area contributed by atoms with E-state index in [2.05, 4.69) is 31.3 Å². The number of nitrogens with one attached hydrogen (secondary N) is 1. The van der Waals surface area contributed by atoms with E-state index in [1.807, 2.05) is 4.68 Å². The molecule has 0 aromatic carbocycles. The van der Waals surface area contributed by atoms with Gasteiger partial charge in [-0.15, -0.1) is 0 Å². The molecule has 0 saturated carbocycles. The van der Waals surface area contributed by atoms with Crippen LogP contribution in [0, 0.1) is 0 Å². The van der Waals surface area contributed by atoms with Gasteiger partial charge in [0.1, 0.15) is 0 Å². The third-order valence-corrected chi connectivity index (χ3v) is 2.51. The summed E-state index contributed by atoms with van der Waals surface area (Å²) in [5, 5.41) is 4.89. The molecule has 0 amide bonds. The van der Waals surface area contributed by atoms with E-state index in [-0.39, 0.29) is 6.04 Å². The molecule has 0 fully saturated rings. The SMILES string of the molecule is CCC(NN)c1c(Cl)cnn1C(C)C. The largest absolute Gasteiger partial charge is 0.271 e. The van der Waals surface area contributed by atoms with Crippen molar-refractivity contribution in [1.82, 2.24) is 15.2 Å². The Morgan fingerprint density at radius 1 is 1.64 bits per heavy atom. The van der Waals surface area contributed by atoms with Gasteiger partial charge in [-0.2, -0.15) is 5.10 Å². The zero-order chi connectivity index (χ0) is 10.7. The quantitative estimate of drug-likeness (QED) is 0.598. The van der Waals surface area contributed by atoms with Crippen molar-refractivity contribution in [1.29, 1.82) is 0 Å². The molecule has 1 aromatic heterocycles. The van der Waals surface area contributed by atoms with E-state index < -0.39 is 0 Å². The van der Waals surface area contributed by atoms with Crippen LogP contribution in [0.1, 0.15) is 45.0 Å². The third kappa shape index (κ3) is 2.08. The summed E-state index contributed by atoms with van der Waals surface area (Å²) in [6, 6.07) is 0.354. The molecule has 3 N–H and O–H groups in total. The lowest BCUT2D eigenvalue weighted by molar-refractivity contribution is 0.443. The summed E-state index contributed by atoms with van der Waals surface area (Å²) >= 11 is 6.06. The lowest BCUT2D eigenvalue weighted by Crippen LogP contribution is -2.30. The lowest BCUT2D eigenvalue weighted by Gasteiger charge is -2.18. The second-order valence-electron chi connectivity index (χ2n) is 3.54. The molecule has 0 aliphatic carbocycles. The van der Waals surface area contributed by atoms with Crippen molar-refractivity contribution in [3.8, 4) is 0 Å². The highest BCUT2D eigenvalue weighted by atomic mass is 35.5. The van der Waals surface area contributed by atoms with Gasteiger partial charge in [0.2, 0.25) is 0 Å². The average Bonchev–Trinajstić information content (AvgIpc) is 2.51. The average molecular weight is 217 g/mol. The minimum absolute atomic E-state index is 0.0624. The Kier molecular flexibility index (Phi) is 3.92. The van der Waals surface area contributed by atoms with Crippen molar-refractivity contribution in [2.24, 2.45) is 5.84 Å². The Balaban J connectivity index is 3.09. The van der Waals surface area contributed by atoms with Crippen LogP contribution in [0.3, 0.4) is 0 Å². The van der Waals surface area contributed by atoms with Crippen LogP contribution in [0.5, 0.6) is 0 Å². The summed E-state index contributed by atoms with van der Waals surface area (Å²) in [6.07, 6.45) is 2.55. The van der Waals surface area contributed by atoms with Crippen LogP contribution < -0.4 is 11.3 Å². The van der Waals surface area contributed by atoms with Gasteiger partial charge in [0.25, 0.3) is 0 Å². The molecule has 0 spiro atoms. The summed E-state index contributed by atoms with van der Waals surface area (Å²) in [7, 11) is 0.